The first-order valence-corrected chi connectivity index (χ1v) is 8.34. The summed E-state index contributed by atoms with van der Waals surface area (Å²) < 4.78 is 2.27. The van der Waals surface area contributed by atoms with Crippen LogP contribution in [0.15, 0.2) is 49.1 Å². The molecule has 0 saturated carbocycles. The Labute approximate surface area is 146 Å². The minimum atomic E-state index is -0.0321. The average Bonchev–Trinajstić information content (AvgIpc) is 3.04. The highest BCUT2D eigenvalue weighted by Gasteiger charge is 2.29. The monoisotopic (exact) mass is 333 g/mol. The van der Waals surface area contributed by atoms with Gasteiger partial charge in [0.2, 0.25) is 0 Å². The summed E-state index contributed by atoms with van der Waals surface area (Å²) in [5.74, 6) is 0.538. The Balaban J connectivity index is 1.57. The summed E-state index contributed by atoms with van der Waals surface area (Å²) in [5.41, 5.74) is 3.75. The first-order chi connectivity index (χ1) is 12.1. The fraction of sp³-hybridized carbons (Fsp3) is 0.263. The number of rotatable bonds is 2. The van der Waals surface area contributed by atoms with Crippen molar-refractivity contribution in [2.45, 2.75) is 26.4 Å². The summed E-state index contributed by atoms with van der Waals surface area (Å²) >= 11 is 0. The summed E-state index contributed by atoms with van der Waals surface area (Å²) in [6.07, 6.45) is 6.61. The molecule has 0 saturated heterocycles. The van der Waals surface area contributed by atoms with Gasteiger partial charge in [0.1, 0.15) is 0 Å². The van der Waals surface area contributed by atoms with Crippen LogP contribution in [0.1, 0.15) is 34.7 Å². The predicted octanol–water partition coefficient (Wildman–Crippen LogP) is 2.87. The van der Waals surface area contributed by atoms with Gasteiger partial charge in [0.15, 0.2) is 5.82 Å². The molecule has 0 radical (unpaired) electrons. The van der Waals surface area contributed by atoms with Crippen molar-refractivity contribution in [1.82, 2.24) is 24.4 Å². The molecule has 1 aliphatic heterocycles. The molecule has 1 amide bonds. The van der Waals surface area contributed by atoms with E-state index >= 15 is 0 Å². The molecule has 4 heterocycles. The second-order valence-electron chi connectivity index (χ2n) is 6.26. The van der Waals surface area contributed by atoms with Gasteiger partial charge in [0.25, 0.3) is 5.91 Å². The third kappa shape index (κ3) is 2.69. The molecule has 1 aliphatic rings. The van der Waals surface area contributed by atoms with Gasteiger partial charge in [0, 0.05) is 54.8 Å². The van der Waals surface area contributed by atoms with Crippen molar-refractivity contribution < 1.29 is 4.79 Å². The van der Waals surface area contributed by atoms with E-state index in [-0.39, 0.29) is 11.9 Å². The largest absolute Gasteiger partial charge is 0.345 e. The van der Waals surface area contributed by atoms with Crippen LogP contribution in [0.5, 0.6) is 0 Å². The molecule has 3 aromatic heterocycles. The van der Waals surface area contributed by atoms with Gasteiger partial charge in [-0.1, -0.05) is 0 Å². The summed E-state index contributed by atoms with van der Waals surface area (Å²) in [4.78, 5) is 27.5. The molecule has 0 bridgehead atoms. The number of hydrogen-bond donors (Lipinski definition) is 0. The van der Waals surface area contributed by atoms with E-state index in [0.717, 1.165) is 12.1 Å². The quantitative estimate of drug-likeness (QED) is 0.723. The molecular weight excluding hydrogens is 314 g/mol. The van der Waals surface area contributed by atoms with Crippen molar-refractivity contribution in [3.63, 3.8) is 0 Å². The number of carbonyl (C=O) groups is 1. The SMILES string of the molecule is Cc1ccc2n1CCN(C(=O)c1cnc(-c3cccnc3)nc1)[C@@H]2C. The Morgan fingerprint density at radius 3 is 2.64 bits per heavy atom. The molecule has 25 heavy (non-hydrogen) atoms. The van der Waals surface area contributed by atoms with Crippen molar-refractivity contribution >= 4 is 5.91 Å². The average molecular weight is 333 g/mol. The van der Waals surface area contributed by atoms with E-state index in [1.165, 1.54) is 11.4 Å². The number of aromatic nitrogens is 4. The van der Waals surface area contributed by atoms with Gasteiger partial charge in [-0.2, -0.15) is 0 Å². The van der Waals surface area contributed by atoms with E-state index in [2.05, 4.69) is 45.5 Å². The van der Waals surface area contributed by atoms with Crippen LogP contribution in [0.4, 0.5) is 0 Å². The lowest BCUT2D eigenvalue weighted by Gasteiger charge is -2.35. The number of nitrogens with zero attached hydrogens (tertiary/aromatic N) is 5. The molecule has 0 unspecified atom stereocenters. The number of hydrogen-bond acceptors (Lipinski definition) is 4. The van der Waals surface area contributed by atoms with Crippen LogP contribution in [-0.2, 0) is 6.54 Å². The number of aryl methyl sites for hydroxylation is 1. The van der Waals surface area contributed by atoms with E-state index < -0.39 is 0 Å². The van der Waals surface area contributed by atoms with Crippen LogP contribution in [0.3, 0.4) is 0 Å². The van der Waals surface area contributed by atoms with Crippen LogP contribution < -0.4 is 0 Å². The fourth-order valence-electron chi connectivity index (χ4n) is 3.35. The van der Waals surface area contributed by atoms with Crippen molar-refractivity contribution in [2.24, 2.45) is 0 Å². The maximum atomic E-state index is 12.9. The number of fused-ring (bicyclic) bond motifs is 1. The molecule has 6 heteroatoms. The van der Waals surface area contributed by atoms with Crippen LogP contribution in [-0.4, -0.2) is 36.9 Å². The first-order valence-electron chi connectivity index (χ1n) is 8.34. The smallest absolute Gasteiger partial charge is 0.257 e. The van der Waals surface area contributed by atoms with Gasteiger partial charge in [0.05, 0.1) is 11.6 Å². The molecule has 0 fully saturated rings. The van der Waals surface area contributed by atoms with Crippen LogP contribution in [0, 0.1) is 6.92 Å². The summed E-state index contributed by atoms with van der Waals surface area (Å²) in [6, 6.07) is 7.97. The maximum Gasteiger partial charge on any atom is 0.257 e. The Morgan fingerprint density at radius 2 is 1.92 bits per heavy atom. The molecule has 0 aliphatic carbocycles. The minimum absolute atomic E-state index is 0.0321. The molecule has 4 rings (SSSR count). The summed E-state index contributed by atoms with van der Waals surface area (Å²) in [6.45, 7) is 5.66. The highest BCUT2D eigenvalue weighted by Crippen LogP contribution is 2.28. The highest BCUT2D eigenvalue weighted by atomic mass is 16.2. The van der Waals surface area contributed by atoms with Crippen molar-refractivity contribution in [1.29, 1.82) is 0 Å². The second-order valence-corrected chi connectivity index (χ2v) is 6.26. The van der Waals surface area contributed by atoms with E-state index in [4.69, 9.17) is 0 Å². The number of pyridine rings is 1. The molecule has 6 nitrogen and oxygen atoms in total. The van der Waals surface area contributed by atoms with Gasteiger partial charge in [-0.15, -0.1) is 0 Å². The third-order valence-corrected chi connectivity index (χ3v) is 4.77. The van der Waals surface area contributed by atoms with Gasteiger partial charge < -0.3 is 9.47 Å². The number of amides is 1. The first kappa shape index (κ1) is 15.5. The molecule has 0 spiro atoms. The fourth-order valence-corrected chi connectivity index (χ4v) is 3.35. The second kappa shape index (κ2) is 6.12. The van der Waals surface area contributed by atoms with E-state index in [1.54, 1.807) is 24.8 Å². The molecule has 3 aromatic rings. The molecule has 1 atom stereocenters. The molecule has 0 N–H and O–H groups in total. The Hall–Kier alpha value is -3.02. The molecule has 126 valence electrons. The Morgan fingerprint density at radius 1 is 1.12 bits per heavy atom. The Kier molecular flexibility index (Phi) is 3.80. The minimum Gasteiger partial charge on any atom is -0.345 e. The van der Waals surface area contributed by atoms with Crippen molar-refractivity contribution in [2.75, 3.05) is 6.54 Å². The van der Waals surface area contributed by atoms with Gasteiger partial charge >= 0.3 is 0 Å². The molecular formula is C19H19N5O. The van der Waals surface area contributed by atoms with E-state index in [1.807, 2.05) is 17.0 Å². The third-order valence-electron chi connectivity index (χ3n) is 4.77. The zero-order chi connectivity index (χ0) is 17.4. The van der Waals surface area contributed by atoms with Gasteiger partial charge in [-0.25, -0.2) is 9.97 Å². The van der Waals surface area contributed by atoms with Crippen LogP contribution in [0.2, 0.25) is 0 Å². The lowest BCUT2D eigenvalue weighted by molar-refractivity contribution is 0.0642. The predicted molar refractivity (Wildman–Crippen MR) is 93.9 cm³/mol. The van der Waals surface area contributed by atoms with E-state index in [9.17, 15) is 4.79 Å². The summed E-state index contributed by atoms with van der Waals surface area (Å²) in [5, 5.41) is 0. The lowest BCUT2D eigenvalue weighted by atomic mass is 10.1. The lowest BCUT2D eigenvalue weighted by Crippen LogP contribution is -2.41. The normalized spacial score (nSPS) is 16.6. The number of carbonyl (C=O) groups excluding carboxylic acids is 1. The topological polar surface area (TPSA) is 63.9 Å². The van der Waals surface area contributed by atoms with Crippen molar-refractivity contribution in [3.05, 3.63) is 66.0 Å². The zero-order valence-corrected chi connectivity index (χ0v) is 14.3. The maximum absolute atomic E-state index is 12.9. The summed E-state index contributed by atoms with van der Waals surface area (Å²) in [7, 11) is 0. The van der Waals surface area contributed by atoms with Gasteiger partial charge in [-0.05, 0) is 38.1 Å². The molecule has 0 aromatic carbocycles. The highest BCUT2D eigenvalue weighted by molar-refractivity contribution is 5.94. The van der Waals surface area contributed by atoms with Crippen LogP contribution in [0.25, 0.3) is 11.4 Å². The van der Waals surface area contributed by atoms with E-state index in [0.29, 0.717) is 17.9 Å². The van der Waals surface area contributed by atoms with Crippen molar-refractivity contribution in [3.8, 4) is 11.4 Å². The van der Waals surface area contributed by atoms with Crippen LogP contribution >= 0.6 is 0 Å². The zero-order valence-electron chi connectivity index (χ0n) is 14.3. The standard InChI is InChI=1S/C19H19N5O/c1-13-5-6-17-14(2)24(9-8-23(13)17)19(25)16-11-21-18(22-12-16)15-4-3-7-20-10-15/h3-7,10-12,14H,8-9H2,1-2H3/t14-/m1/s1. The Bertz CT molecular complexity index is 901. The van der Waals surface area contributed by atoms with Gasteiger partial charge in [-0.3, -0.25) is 9.78 Å².